The number of quaternary nitrogens is 1. The minimum absolute atomic E-state index is 0.123. The molecule has 2 unspecified atom stereocenters. The first-order valence-corrected chi connectivity index (χ1v) is 11.1. The van der Waals surface area contributed by atoms with Gasteiger partial charge in [-0.2, -0.15) is 0 Å². The van der Waals surface area contributed by atoms with Crippen molar-refractivity contribution >= 4 is 33.2 Å². The predicted molar refractivity (Wildman–Crippen MR) is 123 cm³/mol. The summed E-state index contributed by atoms with van der Waals surface area (Å²) in [6.07, 6.45) is 1.86. The number of phenols is 1. The van der Waals surface area contributed by atoms with Gasteiger partial charge in [-0.1, -0.05) is 29.8 Å². The van der Waals surface area contributed by atoms with Crippen LogP contribution < -0.4 is 15.4 Å². The molecular weight excluding hydrogens is 483 g/mol. The molecule has 3 aromatic carbocycles. The lowest BCUT2D eigenvalue weighted by atomic mass is 9.97. The molecule has 1 aliphatic heterocycles. The van der Waals surface area contributed by atoms with Crippen molar-refractivity contribution in [3.8, 4) is 11.5 Å². The molecule has 160 valence electrons. The molecule has 4 nitrogen and oxygen atoms in total. The number of nitrogens with two attached hydrogens (primary N) is 1. The molecule has 1 aliphatic rings. The Kier molecular flexibility index (Phi) is 6.51. The molecule has 0 bridgehead atoms. The number of hydrogen-bond acceptors (Lipinski definition) is 3. The smallest absolute Gasteiger partial charge is 0.186 e. The Morgan fingerprint density at radius 3 is 2.65 bits per heavy atom. The van der Waals surface area contributed by atoms with Gasteiger partial charge in [0.15, 0.2) is 17.7 Å². The van der Waals surface area contributed by atoms with E-state index in [2.05, 4.69) is 32.6 Å². The van der Waals surface area contributed by atoms with Gasteiger partial charge in [0.05, 0.1) is 16.6 Å². The number of benzene rings is 3. The fourth-order valence-electron chi connectivity index (χ4n) is 3.69. The number of phenolic OH excluding ortho intramolecular Hbond substituents is 1. The van der Waals surface area contributed by atoms with Gasteiger partial charge in [-0.3, -0.25) is 0 Å². The van der Waals surface area contributed by atoms with Gasteiger partial charge >= 0.3 is 0 Å². The van der Waals surface area contributed by atoms with Gasteiger partial charge in [0.25, 0.3) is 0 Å². The standard InChI is InChI=1S/C24H21BrClFN2O2/c1-2-31-22-5-3-4-17(23(22)30)21-13-20(14-6-9-16(26)10-7-14)28-24(29-21)15-8-11-19(27)18(25)12-15/h3-13,21,24,28-30H,2H2,1H3/p+1. The molecule has 3 aromatic rings. The molecule has 4 N–H and O–H groups in total. The zero-order valence-electron chi connectivity index (χ0n) is 16.8. The highest BCUT2D eigenvalue weighted by atomic mass is 79.9. The zero-order valence-corrected chi connectivity index (χ0v) is 19.1. The summed E-state index contributed by atoms with van der Waals surface area (Å²) in [5, 5.41) is 17.1. The maximum atomic E-state index is 13.8. The van der Waals surface area contributed by atoms with Crippen LogP contribution in [0.15, 0.2) is 71.2 Å². The van der Waals surface area contributed by atoms with Gasteiger partial charge in [-0.25, -0.2) is 4.39 Å². The third-order valence-electron chi connectivity index (χ3n) is 5.20. The second-order valence-corrected chi connectivity index (χ2v) is 8.52. The second kappa shape index (κ2) is 9.30. The van der Waals surface area contributed by atoms with Gasteiger partial charge in [-0.05, 0) is 70.9 Å². The Labute approximate surface area is 193 Å². The SMILES string of the molecule is CCOc1cccc(C2C=C(c3ccc(Cl)cc3)NC(c3ccc(F)c(Br)c3)[NH2+]2)c1O. The molecule has 0 radical (unpaired) electrons. The normalized spacial score (nSPS) is 18.3. The topological polar surface area (TPSA) is 58.1 Å². The highest BCUT2D eigenvalue weighted by molar-refractivity contribution is 9.10. The van der Waals surface area contributed by atoms with Crippen molar-refractivity contribution < 1.29 is 19.6 Å². The van der Waals surface area contributed by atoms with Crippen molar-refractivity contribution in [2.75, 3.05) is 6.61 Å². The van der Waals surface area contributed by atoms with Crippen LogP contribution in [0.1, 0.15) is 35.8 Å². The minimum Gasteiger partial charge on any atom is -0.504 e. The number of halogens is 3. The largest absolute Gasteiger partial charge is 0.504 e. The van der Waals surface area contributed by atoms with Gasteiger partial charge in [0.2, 0.25) is 0 Å². The first kappa shape index (κ1) is 21.7. The molecule has 7 heteroatoms. The summed E-state index contributed by atoms with van der Waals surface area (Å²) in [5.74, 6) is 0.263. The third kappa shape index (κ3) is 4.71. The molecule has 1 heterocycles. The van der Waals surface area contributed by atoms with Crippen molar-refractivity contribution in [3.05, 3.63) is 98.7 Å². The van der Waals surface area contributed by atoms with E-state index in [0.717, 1.165) is 22.4 Å². The van der Waals surface area contributed by atoms with E-state index in [1.165, 1.54) is 6.07 Å². The van der Waals surface area contributed by atoms with E-state index >= 15 is 0 Å². The number of rotatable bonds is 5. The Bertz CT molecular complexity index is 1120. The van der Waals surface area contributed by atoms with Gasteiger partial charge < -0.3 is 20.5 Å². The van der Waals surface area contributed by atoms with Crippen molar-refractivity contribution in [1.29, 1.82) is 0 Å². The van der Waals surface area contributed by atoms with Gasteiger partial charge in [0, 0.05) is 22.4 Å². The van der Waals surface area contributed by atoms with Crippen molar-refractivity contribution in [1.82, 2.24) is 5.32 Å². The van der Waals surface area contributed by atoms with Gasteiger partial charge in [0.1, 0.15) is 11.9 Å². The molecule has 0 spiro atoms. The summed E-state index contributed by atoms with van der Waals surface area (Å²) in [5.41, 5.74) is 3.51. The van der Waals surface area contributed by atoms with Crippen LogP contribution in [0.5, 0.6) is 11.5 Å². The maximum Gasteiger partial charge on any atom is 0.186 e. The van der Waals surface area contributed by atoms with Crippen LogP contribution in [-0.2, 0) is 0 Å². The highest BCUT2D eigenvalue weighted by Gasteiger charge is 2.30. The molecule has 4 rings (SSSR count). The fraction of sp³-hybridized carbons (Fsp3) is 0.167. The summed E-state index contributed by atoms with van der Waals surface area (Å²) in [6, 6.07) is 17.8. The summed E-state index contributed by atoms with van der Waals surface area (Å²) >= 11 is 9.34. The van der Waals surface area contributed by atoms with Crippen LogP contribution in [0.2, 0.25) is 5.02 Å². The molecule has 0 fully saturated rings. The van der Waals surface area contributed by atoms with E-state index in [0.29, 0.717) is 21.9 Å². The first-order valence-electron chi connectivity index (χ1n) is 9.95. The average molecular weight is 505 g/mol. The van der Waals surface area contributed by atoms with Crippen LogP contribution >= 0.6 is 27.5 Å². The van der Waals surface area contributed by atoms with Crippen LogP contribution in [0.25, 0.3) is 5.70 Å². The molecule has 0 aliphatic carbocycles. The van der Waals surface area contributed by atoms with Crippen molar-refractivity contribution in [2.24, 2.45) is 0 Å². The Morgan fingerprint density at radius 2 is 1.94 bits per heavy atom. The lowest BCUT2D eigenvalue weighted by molar-refractivity contribution is -0.731. The number of nitrogens with one attached hydrogen (secondary N) is 1. The summed E-state index contributed by atoms with van der Waals surface area (Å²) in [4.78, 5) is 0. The van der Waals surface area contributed by atoms with Crippen LogP contribution in [0.4, 0.5) is 4.39 Å². The van der Waals surface area contributed by atoms with E-state index in [1.807, 2.05) is 43.3 Å². The van der Waals surface area contributed by atoms with E-state index in [-0.39, 0.29) is 23.8 Å². The number of hydrogen-bond donors (Lipinski definition) is 3. The maximum absolute atomic E-state index is 13.8. The fourth-order valence-corrected chi connectivity index (χ4v) is 4.21. The molecule has 2 atom stereocenters. The summed E-state index contributed by atoms with van der Waals surface area (Å²) < 4.78 is 19.8. The lowest BCUT2D eigenvalue weighted by Gasteiger charge is -2.30. The monoisotopic (exact) mass is 503 g/mol. The van der Waals surface area contributed by atoms with Crippen LogP contribution in [0.3, 0.4) is 0 Å². The molecule has 0 aromatic heterocycles. The van der Waals surface area contributed by atoms with Crippen molar-refractivity contribution in [3.63, 3.8) is 0 Å². The molecule has 0 saturated carbocycles. The Balaban J connectivity index is 1.77. The Morgan fingerprint density at radius 1 is 1.16 bits per heavy atom. The zero-order chi connectivity index (χ0) is 22.0. The molecular formula is C24H22BrClFN2O2+. The van der Waals surface area contributed by atoms with Gasteiger partial charge in [-0.15, -0.1) is 0 Å². The second-order valence-electron chi connectivity index (χ2n) is 7.23. The molecule has 0 saturated heterocycles. The Hall–Kier alpha value is -2.54. The quantitative estimate of drug-likeness (QED) is 0.442. The van der Waals surface area contributed by atoms with E-state index in [9.17, 15) is 9.50 Å². The third-order valence-corrected chi connectivity index (χ3v) is 6.06. The van der Waals surface area contributed by atoms with Crippen LogP contribution in [-0.4, -0.2) is 11.7 Å². The predicted octanol–water partition coefficient (Wildman–Crippen LogP) is 5.29. The molecule has 0 amide bonds. The highest BCUT2D eigenvalue weighted by Crippen LogP contribution is 2.35. The first-order chi connectivity index (χ1) is 15.0. The lowest BCUT2D eigenvalue weighted by Crippen LogP contribution is -2.89. The molecule has 31 heavy (non-hydrogen) atoms. The van der Waals surface area contributed by atoms with E-state index in [4.69, 9.17) is 16.3 Å². The van der Waals surface area contributed by atoms with E-state index in [1.54, 1.807) is 18.2 Å². The summed E-state index contributed by atoms with van der Waals surface area (Å²) in [6.45, 7) is 2.34. The van der Waals surface area contributed by atoms with E-state index < -0.39 is 0 Å². The average Bonchev–Trinajstić information content (AvgIpc) is 2.77. The number of aromatic hydroxyl groups is 1. The number of ether oxygens (including phenoxy) is 1. The minimum atomic E-state index is -0.313. The number of para-hydroxylation sites is 1. The van der Waals surface area contributed by atoms with Crippen molar-refractivity contribution in [2.45, 2.75) is 19.1 Å². The van der Waals surface area contributed by atoms with Crippen LogP contribution in [0, 0.1) is 5.82 Å². The summed E-state index contributed by atoms with van der Waals surface area (Å²) in [7, 11) is 0.